The lowest BCUT2D eigenvalue weighted by Crippen LogP contribution is -1.90. The van der Waals surface area contributed by atoms with Gasteiger partial charge < -0.3 is 0 Å². The van der Waals surface area contributed by atoms with E-state index in [1.165, 1.54) is 5.56 Å². The second kappa shape index (κ2) is 3.72. The third-order valence-corrected chi connectivity index (χ3v) is 2.01. The van der Waals surface area contributed by atoms with Crippen LogP contribution in [0.5, 0.6) is 0 Å². The number of rotatable bonds is 1. The highest BCUT2D eigenvalue weighted by Crippen LogP contribution is 2.17. The molecule has 0 atom stereocenters. The monoisotopic (exact) mass is 205 g/mol. The molecule has 0 radical (unpaired) electrons. The van der Waals surface area contributed by atoms with Crippen LogP contribution in [0.4, 0.5) is 0 Å². The van der Waals surface area contributed by atoms with Crippen LogP contribution in [0.15, 0.2) is 30.5 Å². The Kier molecular flexibility index (Phi) is 2.41. The molecule has 1 heterocycles. The molecule has 1 aromatic carbocycles. The van der Waals surface area contributed by atoms with Crippen LogP contribution in [-0.4, -0.2) is 15.2 Å². The van der Waals surface area contributed by atoms with E-state index in [1.54, 1.807) is 6.20 Å². The summed E-state index contributed by atoms with van der Waals surface area (Å²) >= 11 is 5.65. The molecule has 2 aromatic rings. The molecule has 14 heavy (non-hydrogen) atoms. The minimum atomic E-state index is 0.170. The maximum atomic E-state index is 5.65. The number of nitrogens with zero attached hydrogens (tertiary/aromatic N) is 3. The Balaban J connectivity index is 2.49. The molecular weight excluding hydrogens is 198 g/mol. The normalized spacial score (nSPS) is 10.1. The minimum absolute atomic E-state index is 0.170. The summed E-state index contributed by atoms with van der Waals surface area (Å²) in [7, 11) is 0. The molecule has 0 aliphatic rings. The van der Waals surface area contributed by atoms with Crippen LogP contribution in [0.2, 0.25) is 5.28 Å². The molecular formula is C10H8ClN3. The summed E-state index contributed by atoms with van der Waals surface area (Å²) in [5.41, 5.74) is 2.92. The Hall–Kier alpha value is -1.48. The summed E-state index contributed by atoms with van der Waals surface area (Å²) < 4.78 is 0. The minimum Gasteiger partial charge on any atom is -0.215 e. The number of aryl methyl sites for hydroxylation is 1. The van der Waals surface area contributed by atoms with Gasteiger partial charge in [0.25, 0.3) is 0 Å². The number of benzene rings is 1. The second-order valence-corrected chi connectivity index (χ2v) is 3.32. The molecule has 0 fully saturated rings. The highest BCUT2D eigenvalue weighted by atomic mass is 35.5. The lowest BCUT2D eigenvalue weighted by Gasteiger charge is -2.00. The molecule has 0 N–H and O–H groups in total. The van der Waals surface area contributed by atoms with E-state index in [2.05, 4.69) is 15.2 Å². The van der Waals surface area contributed by atoms with E-state index in [0.717, 1.165) is 11.3 Å². The van der Waals surface area contributed by atoms with Crippen molar-refractivity contribution in [2.75, 3.05) is 0 Å². The summed E-state index contributed by atoms with van der Waals surface area (Å²) in [5, 5.41) is 7.51. The van der Waals surface area contributed by atoms with Gasteiger partial charge in [0.05, 0.1) is 11.9 Å². The number of aromatic nitrogens is 3. The fraction of sp³-hybridized carbons (Fsp3) is 0.100. The Labute approximate surface area is 86.8 Å². The van der Waals surface area contributed by atoms with E-state index in [9.17, 15) is 0 Å². The molecule has 3 nitrogen and oxygen atoms in total. The lowest BCUT2D eigenvalue weighted by atomic mass is 10.1. The molecule has 0 saturated heterocycles. The molecule has 0 amide bonds. The van der Waals surface area contributed by atoms with Crippen molar-refractivity contribution in [3.8, 4) is 11.3 Å². The zero-order valence-corrected chi connectivity index (χ0v) is 8.36. The molecule has 0 saturated carbocycles. The van der Waals surface area contributed by atoms with Gasteiger partial charge in [0, 0.05) is 5.56 Å². The van der Waals surface area contributed by atoms with Crippen LogP contribution < -0.4 is 0 Å². The molecule has 70 valence electrons. The fourth-order valence-corrected chi connectivity index (χ4v) is 1.36. The largest absolute Gasteiger partial charge is 0.243 e. The summed E-state index contributed by atoms with van der Waals surface area (Å²) in [5.74, 6) is 0. The standard InChI is InChI=1S/C10H8ClN3/c1-7-3-2-4-8(5-7)9-6-12-14-10(11)13-9/h2-6H,1H3. The molecule has 0 bridgehead atoms. The maximum Gasteiger partial charge on any atom is 0.243 e. The second-order valence-electron chi connectivity index (χ2n) is 2.98. The molecule has 2 rings (SSSR count). The van der Waals surface area contributed by atoms with Crippen LogP contribution in [0.3, 0.4) is 0 Å². The Morgan fingerprint density at radius 2 is 2.14 bits per heavy atom. The molecule has 1 aromatic heterocycles. The zero-order chi connectivity index (χ0) is 9.97. The van der Waals surface area contributed by atoms with Gasteiger partial charge in [-0.1, -0.05) is 23.8 Å². The molecule has 0 aliphatic heterocycles. The predicted octanol–water partition coefficient (Wildman–Crippen LogP) is 2.50. The first-order valence-corrected chi connectivity index (χ1v) is 4.56. The Morgan fingerprint density at radius 3 is 2.86 bits per heavy atom. The fourth-order valence-electron chi connectivity index (χ4n) is 1.23. The molecule has 0 unspecified atom stereocenters. The number of hydrogen-bond donors (Lipinski definition) is 0. The van der Waals surface area contributed by atoms with Gasteiger partial charge in [0.15, 0.2) is 0 Å². The third-order valence-electron chi connectivity index (χ3n) is 1.85. The van der Waals surface area contributed by atoms with E-state index < -0.39 is 0 Å². The van der Waals surface area contributed by atoms with Crippen molar-refractivity contribution in [2.45, 2.75) is 6.92 Å². The zero-order valence-electron chi connectivity index (χ0n) is 7.61. The summed E-state index contributed by atoms with van der Waals surface area (Å²) in [6.45, 7) is 2.03. The van der Waals surface area contributed by atoms with Crippen LogP contribution in [0, 0.1) is 6.92 Å². The van der Waals surface area contributed by atoms with Gasteiger partial charge >= 0.3 is 0 Å². The van der Waals surface area contributed by atoms with Crippen LogP contribution in [-0.2, 0) is 0 Å². The smallest absolute Gasteiger partial charge is 0.215 e. The Bertz CT molecular complexity index is 413. The first kappa shape index (κ1) is 9.09. The highest BCUT2D eigenvalue weighted by Gasteiger charge is 2.01. The third kappa shape index (κ3) is 1.88. The van der Waals surface area contributed by atoms with E-state index in [-0.39, 0.29) is 5.28 Å². The first-order valence-electron chi connectivity index (χ1n) is 4.18. The van der Waals surface area contributed by atoms with Crippen molar-refractivity contribution in [1.82, 2.24) is 15.2 Å². The average molecular weight is 206 g/mol. The van der Waals surface area contributed by atoms with E-state index >= 15 is 0 Å². The summed E-state index contributed by atoms with van der Waals surface area (Å²) in [6, 6.07) is 7.99. The summed E-state index contributed by atoms with van der Waals surface area (Å²) in [4.78, 5) is 4.08. The SMILES string of the molecule is Cc1cccc(-c2cnnc(Cl)n2)c1. The van der Waals surface area contributed by atoms with Crippen molar-refractivity contribution in [3.05, 3.63) is 41.3 Å². The van der Waals surface area contributed by atoms with E-state index in [4.69, 9.17) is 11.6 Å². The average Bonchev–Trinajstić information content (AvgIpc) is 2.18. The van der Waals surface area contributed by atoms with Crippen molar-refractivity contribution >= 4 is 11.6 Å². The van der Waals surface area contributed by atoms with Gasteiger partial charge in [0.2, 0.25) is 5.28 Å². The van der Waals surface area contributed by atoms with Crippen molar-refractivity contribution in [1.29, 1.82) is 0 Å². The van der Waals surface area contributed by atoms with E-state index in [0.29, 0.717) is 0 Å². The quantitative estimate of drug-likeness (QED) is 0.718. The maximum absolute atomic E-state index is 5.65. The first-order chi connectivity index (χ1) is 6.75. The van der Waals surface area contributed by atoms with Gasteiger partial charge in [-0.3, -0.25) is 0 Å². The molecule has 0 aliphatic carbocycles. The number of hydrogen-bond acceptors (Lipinski definition) is 3. The molecule has 4 heteroatoms. The van der Waals surface area contributed by atoms with Gasteiger partial charge in [-0.2, -0.15) is 5.10 Å². The van der Waals surface area contributed by atoms with Crippen molar-refractivity contribution in [3.63, 3.8) is 0 Å². The van der Waals surface area contributed by atoms with E-state index in [1.807, 2.05) is 31.2 Å². The predicted molar refractivity (Wildman–Crippen MR) is 55.0 cm³/mol. The highest BCUT2D eigenvalue weighted by molar-refractivity contribution is 6.28. The van der Waals surface area contributed by atoms with Crippen LogP contribution in [0.1, 0.15) is 5.56 Å². The lowest BCUT2D eigenvalue weighted by molar-refractivity contribution is 0.974. The van der Waals surface area contributed by atoms with Gasteiger partial charge in [-0.05, 0) is 24.6 Å². The van der Waals surface area contributed by atoms with Gasteiger partial charge in [-0.15, -0.1) is 5.10 Å². The van der Waals surface area contributed by atoms with Crippen LogP contribution >= 0.6 is 11.6 Å². The van der Waals surface area contributed by atoms with Crippen molar-refractivity contribution < 1.29 is 0 Å². The Morgan fingerprint density at radius 1 is 1.29 bits per heavy atom. The van der Waals surface area contributed by atoms with Gasteiger partial charge in [0.1, 0.15) is 0 Å². The van der Waals surface area contributed by atoms with Crippen LogP contribution in [0.25, 0.3) is 11.3 Å². The summed E-state index contributed by atoms with van der Waals surface area (Å²) in [6.07, 6.45) is 1.60. The molecule has 0 spiro atoms. The number of halogens is 1. The topological polar surface area (TPSA) is 38.7 Å². The van der Waals surface area contributed by atoms with Crippen molar-refractivity contribution in [2.24, 2.45) is 0 Å². The van der Waals surface area contributed by atoms with Gasteiger partial charge in [-0.25, -0.2) is 4.98 Å².